The van der Waals surface area contributed by atoms with Crippen LogP contribution in [0.3, 0.4) is 0 Å². The molecule has 4 fully saturated rings. The topological polar surface area (TPSA) is 76.0 Å². The molecule has 1 saturated heterocycles. The van der Waals surface area contributed by atoms with E-state index in [0.717, 1.165) is 32.1 Å². The zero-order chi connectivity index (χ0) is 18.0. The van der Waals surface area contributed by atoms with Crippen LogP contribution in [0.25, 0.3) is 0 Å². The van der Waals surface area contributed by atoms with Crippen molar-refractivity contribution in [1.29, 1.82) is 0 Å². The molecule has 0 amide bonds. The standard InChI is InChI=1S/C20H32O5/c1-18-6-5-14-13(15(18)9-17(22)25-11-18)8-16(24-3)20(23)10-12(21)4-7-19(14,20)2/h12-16,21,23H,4-11H2,1-3H3/t12-,13+,14-,15-,16+,18+,19+,20-/m0/s1. The summed E-state index contributed by atoms with van der Waals surface area (Å²) in [4.78, 5) is 12.0. The lowest BCUT2D eigenvalue weighted by atomic mass is 9.42. The Morgan fingerprint density at radius 3 is 2.68 bits per heavy atom. The molecule has 142 valence electrons. The van der Waals surface area contributed by atoms with E-state index in [1.807, 2.05) is 0 Å². The molecule has 4 aliphatic rings. The molecule has 25 heavy (non-hydrogen) atoms. The molecule has 8 atom stereocenters. The van der Waals surface area contributed by atoms with Crippen LogP contribution in [-0.4, -0.2) is 47.7 Å². The van der Waals surface area contributed by atoms with Gasteiger partial charge >= 0.3 is 5.97 Å². The largest absolute Gasteiger partial charge is 0.465 e. The Hall–Kier alpha value is -0.650. The van der Waals surface area contributed by atoms with Crippen molar-refractivity contribution < 1.29 is 24.5 Å². The second-order valence-corrected chi connectivity index (χ2v) is 9.63. The number of hydrogen-bond acceptors (Lipinski definition) is 5. The third-order valence-electron chi connectivity index (χ3n) is 8.56. The van der Waals surface area contributed by atoms with Crippen LogP contribution in [0.1, 0.15) is 58.8 Å². The van der Waals surface area contributed by atoms with Crippen molar-refractivity contribution >= 4 is 5.97 Å². The molecule has 1 aliphatic heterocycles. The molecule has 5 nitrogen and oxygen atoms in total. The third kappa shape index (κ3) is 2.35. The minimum Gasteiger partial charge on any atom is -0.465 e. The summed E-state index contributed by atoms with van der Waals surface area (Å²) < 4.78 is 11.2. The predicted octanol–water partition coefficient (Wildman–Crippen LogP) is 2.28. The van der Waals surface area contributed by atoms with Crippen LogP contribution in [0.15, 0.2) is 0 Å². The summed E-state index contributed by atoms with van der Waals surface area (Å²) in [6.45, 7) is 4.98. The zero-order valence-corrected chi connectivity index (χ0v) is 15.7. The van der Waals surface area contributed by atoms with Crippen LogP contribution in [0, 0.1) is 28.6 Å². The zero-order valence-electron chi connectivity index (χ0n) is 15.7. The highest BCUT2D eigenvalue weighted by Gasteiger charge is 2.67. The molecule has 2 N–H and O–H groups in total. The number of carbonyl (C=O) groups excluding carboxylic acids is 1. The van der Waals surface area contributed by atoms with Crippen molar-refractivity contribution in [3.63, 3.8) is 0 Å². The van der Waals surface area contributed by atoms with E-state index in [-0.39, 0.29) is 22.9 Å². The summed E-state index contributed by atoms with van der Waals surface area (Å²) in [5.41, 5.74) is -1.20. The Labute approximate surface area is 150 Å². The molecule has 3 aliphatic carbocycles. The van der Waals surface area contributed by atoms with Gasteiger partial charge in [-0.15, -0.1) is 0 Å². The normalized spacial score (nSPS) is 55.6. The van der Waals surface area contributed by atoms with E-state index in [1.165, 1.54) is 0 Å². The van der Waals surface area contributed by atoms with Crippen LogP contribution in [0.2, 0.25) is 0 Å². The number of rotatable bonds is 1. The lowest BCUT2D eigenvalue weighted by Crippen LogP contribution is -2.69. The van der Waals surface area contributed by atoms with Gasteiger partial charge in [0.15, 0.2) is 0 Å². The minimum absolute atomic E-state index is 0.0490. The molecule has 0 spiro atoms. The monoisotopic (exact) mass is 352 g/mol. The minimum atomic E-state index is -0.983. The van der Waals surface area contributed by atoms with Gasteiger partial charge in [-0.25, -0.2) is 0 Å². The molecule has 1 heterocycles. The van der Waals surface area contributed by atoms with E-state index in [0.29, 0.717) is 37.2 Å². The number of methoxy groups -OCH3 is 1. The maximum absolute atomic E-state index is 12.0. The second-order valence-electron chi connectivity index (χ2n) is 9.63. The first-order valence-electron chi connectivity index (χ1n) is 9.82. The summed E-state index contributed by atoms with van der Waals surface area (Å²) in [5, 5.41) is 21.9. The predicted molar refractivity (Wildman–Crippen MR) is 91.7 cm³/mol. The van der Waals surface area contributed by atoms with Gasteiger partial charge in [-0.1, -0.05) is 13.8 Å². The fraction of sp³-hybridized carbons (Fsp3) is 0.950. The Morgan fingerprint density at radius 1 is 1.20 bits per heavy atom. The van der Waals surface area contributed by atoms with E-state index in [2.05, 4.69) is 13.8 Å². The number of aliphatic hydroxyl groups is 2. The van der Waals surface area contributed by atoms with Crippen LogP contribution in [-0.2, 0) is 14.3 Å². The van der Waals surface area contributed by atoms with Crippen molar-refractivity contribution in [1.82, 2.24) is 0 Å². The quantitative estimate of drug-likeness (QED) is 0.708. The molecular formula is C20H32O5. The number of carbonyl (C=O) groups is 1. The lowest BCUT2D eigenvalue weighted by Gasteiger charge is -2.66. The summed E-state index contributed by atoms with van der Waals surface area (Å²) in [6, 6.07) is 0. The highest BCUT2D eigenvalue weighted by molar-refractivity contribution is 5.70. The number of cyclic esters (lactones) is 1. The number of fused-ring (bicyclic) bond motifs is 5. The summed E-state index contributed by atoms with van der Waals surface area (Å²) in [5.74, 6) is 0.970. The van der Waals surface area contributed by atoms with Crippen LogP contribution < -0.4 is 0 Å². The Balaban J connectivity index is 1.73. The number of ether oxygens (including phenoxy) is 2. The van der Waals surface area contributed by atoms with Crippen molar-refractivity contribution in [2.24, 2.45) is 28.6 Å². The van der Waals surface area contributed by atoms with E-state index in [1.54, 1.807) is 7.11 Å². The number of esters is 1. The maximum atomic E-state index is 12.0. The smallest absolute Gasteiger partial charge is 0.306 e. The van der Waals surface area contributed by atoms with Gasteiger partial charge < -0.3 is 19.7 Å². The fourth-order valence-electron chi connectivity index (χ4n) is 6.98. The van der Waals surface area contributed by atoms with Crippen molar-refractivity contribution in [2.75, 3.05) is 13.7 Å². The van der Waals surface area contributed by atoms with Gasteiger partial charge in [0, 0.05) is 30.8 Å². The average molecular weight is 352 g/mol. The molecule has 5 heteroatoms. The van der Waals surface area contributed by atoms with E-state index >= 15 is 0 Å². The van der Waals surface area contributed by atoms with Crippen LogP contribution in [0.5, 0.6) is 0 Å². The number of hydrogen-bond donors (Lipinski definition) is 2. The summed E-state index contributed by atoms with van der Waals surface area (Å²) in [6.07, 6.45) is 4.58. The van der Waals surface area contributed by atoms with Gasteiger partial charge in [0.25, 0.3) is 0 Å². The lowest BCUT2D eigenvalue weighted by molar-refractivity contribution is -0.274. The number of aliphatic hydroxyl groups excluding tert-OH is 1. The molecule has 0 aromatic rings. The second kappa shape index (κ2) is 5.67. The SMILES string of the molecule is CO[C@@H]1C[C@H]2[C@@H]3CC(=O)OC[C@@]3(C)CC[C@@H]2[C@@]2(C)CC[C@H](O)C[C@]12O. The summed E-state index contributed by atoms with van der Waals surface area (Å²) >= 11 is 0. The third-order valence-corrected chi connectivity index (χ3v) is 8.56. The summed E-state index contributed by atoms with van der Waals surface area (Å²) in [7, 11) is 1.67. The maximum Gasteiger partial charge on any atom is 0.306 e. The molecule has 4 rings (SSSR count). The van der Waals surface area contributed by atoms with Crippen molar-refractivity contribution in [3.05, 3.63) is 0 Å². The first-order chi connectivity index (χ1) is 11.7. The average Bonchev–Trinajstić information content (AvgIpc) is 2.56. The van der Waals surface area contributed by atoms with Crippen LogP contribution in [0.4, 0.5) is 0 Å². The van der Waals surface area contributed by atoms with Gasteiger partial charge in [-0.2, -0.15) is 0 Å². The molecule has 0 unspecified atom stereocenters. The van der Waals surface area contributed by atoms with Crippen molar-refractivity contribution in [2.45, 2.75) is 76.6 Å². The van der Waals surface area contributed by atoms with E-state index < -0.39 is 11.7 Å². The van der Waals surface area contributed by atoms with Gasteiger partial charge in [0.2, 0.25) is 0 Å². The van der Waals surface area contributed by atoms with E-state index in [4.69, 9.17) is 9.47 Å². The molecule has 0 bridgehead atoms. The Bertz CT molecular complexity index is 564. The fourth-order valence-corrected chi connectivity index (χ4v) is 6.98. The molecule has 0 radical (unpaired) electrons. The van der Waals surface area contributed by atoms with Crippen molar-refractivity contribution in [3.8, 4) is 0 Å². The van der Waals surface area contributed by atoms with Gasteiger partial charge in [-0.05, 0) is 49.9 Å². The van der Waals surface area contributed by atoms with Gasteiger partial charge in [-0.3, -0.25) is 4.79 Å². The van der Waals surface area contributed by atoms with Crippen LogP contribution >= 0.6 is 0 Å². The molecular weight excluding hydrogens is 320 g/mol. The highest BCUT2D eigenvalue weighted by atomic mass is 16.5. The highest BCUT2D eigenvalue weighted by Crippen LogP contribution is 2.65. The first-order valence-corrected chi connectivity index (χ1v) is 9.82. The Morgan fingerprint density at radius 2 is 1.96 bits per heavy atom. The molecule has 3 saturated carbocycles. The Kier molecular flexibility index (Phi) is 4.03. The van der Waals surface area contributed by atoms with Gasteiger partial charge in [0.1, 0.15) is 0 Å². The first kappa shape index (κ1) is 17.7. The van der Waals surface area contributed by atoms with E-state index in [9.17, 15) is 15.0 Å². The van der Waals surface area contributed by atoms with Gasteiger partial charge in [0.05, 0.1) is 24.4 Å². The molecule has 0 aromatic carbocycles. The molecule has 0 aromatic heterocycles.